The number of nitrogens with one attached hydrogen (secondary N) is 1. The molecule has 0 aromatic heterocycles. The van der Waals surface area contributed by atoms with E-state index in [0.717, 1.165) is 32.7 Å². The third-order valence-corrected chi connectivity index (χ3v) is 3.34. The van der Waals surface area contributed by atoms with Crippen molar-refractivity contribution < 1.29 is 4.74 Å². The summed E-state index contributed by atoms with van der Waals surface area (Å²) in [5, 5.41) is 3.24. The summed E-state index contributed by atoms with van der Waals surface area (Å²) >= 11 is 0. The molecule has 94 valence electrons. The van der Waals surface area contributed by atoms with Gasteiger partial charge in [0.25, 0.3) is 0 Å². The first kappa shape index (κ1) is 12.4. The van der Waals surface area contributed by atoms with E-state index in [-0.39, 0.29) is 0 Å². The second kappa shape index (κ2) is 6.03. The van der Waals surface area contributed by atoms with E-state index in [1.165, 1.54) is 11.3 Å². The molecule has 1 fully saturated rings. The van der Waals surface area contributed by atoms with Crippen LogP contribution < -0.4 is 10.2 Å². The van der Waals surface area contributed by atoms with Crippen molar-refractivity contribution in [3.8, 4) is 0 Å². The molecule has 0 radical (unpaired) electrons. The van der Waals surface area contributed by atoms with E-state index < -0.39 is 0 Å². The number of likely N-dealkylation sites (N-methyl/N-ethyl adjacent to an activating group) is 1. The highest BCUT2D eigenvalue weighted by molar-refractivity contribution is 5.49. The van der Waals surface area contributed by atoms with Crippen LogP contribution in [0.2, 0.25) is 0 Å². The number of hydrogen-bond acceptors (Lipinski definition) is 3. The van der Waals surface area contributed by atoms with Crippen LogP contribution in [0.4, 0.5) is 5.69 Å². The highest BCUT2D eigenvalue weighted by Gasteiger charge is 2.22. The van der Waals surface area contributed by atoms with Gasteiger partial charge in [0, 0.05) is 18.8 Å². The first-order valence-electron chi connectivity index (χ1n) is 6.43. The van der Waals surface area contributed by atoms with Crippen LogP contribution in [-0.2, 0) is 11.2 Å². The van der Waals surface area contributed by atoms with Crippen molar-refractivity contribution in [2.45, 2.75) is 19.4 Å². The zero-order valence-electron chi connectivity index (χ0n) is 10.8. The average Bonchev–Trinajstić information content (AvgIpc) is 2.40. The minimum atomic E-state index is 0.446. The average molecular weight is 234 g/mol. The van der Waals surface area contributed by atoms with Gasteiger partial charge in [-0.1, -0.05) is 19.1 Å². The molecule has 0 spiro atoms. The summed E-state index contributed by atoms with van der Waals surface area (Å²) in [7, 11) is 1.99. The maximum absolute atomic E-state index is 5.55. The molecule has 17 heavy (non-hydrogen) atoms. The Morgan fingerprint density at radius 2 is 2.12 bits per heavy atom. The minimum absolute atomic E-state index is 0.446. The van der Waals surface area contributed by atoms with Crippen molar-refractivity contribution >= 4 is 5.69 Å². The summed E-state index contributed by atoms with van der Waals surface area (Å²) in [6, 6.07) is 9.35. The fourth-order valence-corrected chi connectivity index (χ4v) is 2.32. The summed E-state index contributed by atoms with van der Waals surface area (Å²) in [4.78, 5) is 2.44. The molecule has 1 aliphatic heterocycles. The lowest BCUT2D eigenvalue weighted by Crippen LogP contribution is -2.50. The second-order valence-corrected chi connectivity index (χ2v) is 4.50. The van der Waals surface area contributed by atoms with Gasteiger partial charge >= 0.3 is 0 Å². The van der Waals surface area contributed by atoms with Gasteiger partial charge in [-0.05, 0) is 31.2 Å². The lowest BCUT2D eigenvalue weighted by atomic mass is 10.1. The van der Waals surface area contributed by atoms with Crippen LogP contribution in [0.3, 0.4) is 0 Å². The molecule has 0 saturated carbocycles. The SMILES string of the molecule is CCc1ccc(N2CCOCC2CNC)cc1. The standard InChI is InChI=1S/C14H22N2O/c1-3-12-4-6-13(7-5-12)16-8-9-17-11-14(16)10-15-2/h4-7,14-15H,3,8-11H2,1-2H3. The zero-order chi connectivity index (χ0) is 12.1. The number of rotatable bonds is 4. The van der Waals surface area contributed by atoms with Crippen molar-refractivity contribution in [3.05, 3.63) is 29.8 Å². The summed E-state index contributed by atoms with van der Waals surface area (Å²) in [6.07, 6.45) is 1.10. The molecule has 1 aromatic carbocycles. The van der Waals surface area contributed by atoms with Gasteiger partial charge in [0.05, 0.1) is 19.3 Å². The Hall–Kier alpha value is -1.06. The number of anilines is 1. The Balaban J connectivity index is 2.11. The molecule has 1 saturated heterocycles. The summed E-state index contributed by atoms with van der Waals surface area (Å²) in [5.74, 6) is 0. The van der Waals surface area contributed by atoms with E-state index in [1.807, 2.05) is 7.05 Å². The largest absolute Gasteiger partial charge is 0.377 e. The molecule has 0 aliphatic carbocycles. The highest BCUT2D eigenvalue weighted by Crippen LogP contribution is 2.20. The van der Waals surface area contributed by atoms with Gasteiger partial charge in [-0.25, -0.2) is 0 Å². The lowest BCUT2D eigenvalue weighted by Gasteiger charge is -2.37. The molecule has 0 bridgehead atoms. The number of aryl methyl sites for hydroxylation is 1. The maximum atomic E-state index is 5.55. The Kier molecular flexibility index (Phi) is 4.40. The highest BCUT2D eigenvalue weighted by atomic mass is 16.5. The van der Waals surface area contributed by atoms with Crippen LogP contribution in [0, 0.1) is 0 Å². The minimum Gasteiger partial charge on any atom is -0.377 e. The Labute approximate surface area is 104 Å². The summed E-state index contributed by atoms with van der Waals surface area (Å²) in [6.45, 7) is 5.78. The lowest BCUT2D eigenvalue weighted by molar-refractivity contribution is 0.0943. The van der Waals surface area contributed by atoms with E-state index in [4.69, 9.17) is 4.74 Å². The van der Waals surface area contributed by atoms with Crippen LogP contribution >= 0.6 is 0 Å². The molecule has 3 nitrogen and oxygen atoms in total. The van der Waals surface area contributed by atoms with Crippen LogP contribution in [0.25, 0.3) is 0 Å². The number of benzene rings is 1. The first-order valence-corrected chi connectivity index (χ1v) is 6.43. The van der Waals surface area contributed by atoms with Gasteiger partial charge < -0.3 is 15.0 Å². The van der Waals surface area contributed by atoms with E-state index >= 15 is 0 Å². The number of hydrogen-bond donors (Lipinski definition) is 1. The van der Waals surface area contributed by atoms with E-state index in [1.54, 1.807) is 0 Å². The number of ether oxygens (including phenoxy) is 1. The molecule has 2 rings (SSSR count). The van der Waals surface area contributed by atoms with Gasteiger partial charge in [0.1, 0.15) is 0 Å². The van der Waals surface area contributed by atoms with Crippen molar-refractivity contribution in [1.29, 1.82) is 0 Å². The quantitative estimate of drug-likeness (QED) is 0.857. The van der Waals surface area contributed by atoms with Crippen molar-refractivity contribution in [1.82, 2.24) is 5.32 Å². The molecule has 1 atom stereocenters. The Morgan fingerprint density at radius 3 is 2.76 bits per heavy atom. The van der Waals surface area contributed by atoms with Crippen molar-refractivity contribution in [3.63, 3.8) is 0 Å². The molecule has 0 amide bonds. The van der Waals surface area contributed by atoms with Crippen LogP contribution in [0.15, 0.2) is 24.3 Å². The predicted molar refractivity (Wildman–Crippen MR) is 71.7 cm³/mol. The molecule has 1 aromatic rings. The molecular formula is C14H22N2O. The fraction of sp³-hybridized carbons (Fsp3) is 0.571. The van der Waals surface area contributed by atoms with Gasteiger partial charge in [-0.15, -0.1) is 0 Å². The molecule has 3 heteroatoms. The number of nitrogens with zero attached hydrogens (tertiary/aromatic N) is 1. The molecule has 1 aliphatic rings. The summed E-state index contributed by atoms with van der Waals surface area (Å²) < 4.78 is 5.55. The molecule has 1 unspecified atom stereocenters. The summed E-state index contributed by atoms with van der Waals surface area (Å²) in [5.41, 5.74) is 2.71. The van der Waals surface area contributed by atoms with E-state index in [2.05, 4.69) is 41.4 Å². The zero-order valence-corrected chi connectivity index (χ0v) is 10.8. The molecule has 1 N–H and O–H groups in total. The van der Waals surface area contributed by atoms with Gasteiger partial charge in [-0.3, -0.25) is 0 Å². The van der Waals surface area contributed by atoms with Crippen LogP contribution in [-0.4, -0.2) is 39.4 Å². The fourth-order valence-electron chi connectivity index (χ4n) is 2.32. The van der Waals surface area contributed by atoms with Crippen LogP contribution in [0.1, 0.15) is 12.5 Å². The molecule has 1 heterocycles. The predicted octanol–water partition coefficient (Wildman–Crippen LogP) is 1.67. The Morgan fingerprint density at radius 1 is 1.35 bits per heavy atom. The monoisotopic (exact) mass is 234 g/mol. The molecular weight excluding hydrogens is 212 g/mol. The Bertz CT molecular complexity index is 335. The van der Waals surface area contributed by atoms with Gasteiger partial charge in [0.2, 0.25) is 0 Å². The van der Waals surface area contributed by atoms with Gasteiger partial charge in [-0.2, -0.15) is 0 Å². The normalized spacial score (nSPS) is 20.6. The maximum Gasteiger partial charge on any atom is 0.0683 e. The smallest absolute Gasteiger partial charge is 0.0683 e. The topological polar surface area (TPSA) is 24.5 Å². The van der Waals surface area contributed by atoms with Crippen molar-refractivity contribution in [2.24, 2.45) is 0 Å². The van der Waals surface area contributed by atoms with Crippen LogP contribution in [0.5, 0.6) is 0 Å². The van der Waals surface area contributed by atoms with E-state index in [0.29, 0.717) is 6.04 Å². The van der Waals surface area contributed by atoms with Gasteiger partial charge in [0.15, 0.2) is 0 Å². The third kappa shape index (κ3) is 2.99. The first-order chi connectivity index (χ1) is 8.35. The third-order valence-electron chi connectivity index (χ3n) is 3.34. The van der Waals surface area contributed by atoms with Crippen molar-refractivity contribution in [2.75, 3.05) is 38.3 Å². The second-order valence-electron chi connectivity index (χ2n) is 4.50. The van der Waals surface area contributed by atoms with E-state index in [9.17, 15) is 0 Å². The number of morpholine rings is 1.